The molecule has 0 radical (unpaired) electrons. The minimum Gasteiger partial charge on any atom is -0.465 e. The highest BCUT2D eigenvalue weighted by Crippen LogP contribution is 2.17. The first kappa shape index (κ1) is 14.3. The lowest BCUT2D eigenvalue weighted by Gasteiger charge is -2.14. The van der Waals surface area contributed by atoms with Crippen molar-refractivity contribution >= 4 is 17.5 Å². The lowest BCUT2D eigenvalue weighted by molar-refractivity contribution is 0.0602. The smallest absolute Gasteiger partial charge is 0.340 e. The Morgan fingerprint density at radius 3 is 2.72 bits per heavy atom. The predicted octanol–water partition coefficient (Wildman–Crippen LogP) is 2.30. The average molecular weight is 251 g/mol. The molecule has 0 saturated carbocycles. The van der Waals surface area contributed by atoms with Crippen molar-refractivity contribution in [1.29, 1.82) is 0 Å². The van der Waals surface area contributed by atoms with Gasteiger partial charge in [-0.05, 0) is 12.0 Å². The second kappa shape index (κ2) is 6.83. The van der Waals surface area contributed by atoms with E-state index in [4.69, 9.17) is 5.73 Å². The number of anilines is 2. The lowest BCUT2D eigenvalue weighted by Crippen LogP contribution is -2.14. The number of nitrogens with zero attached hydrogens (tertiary/aromatic N) is 1. The number of pyridine rings is 1. The van der Waals surface area contributed by atoms with Crippen LogP contribution in [0.5, 0.6) is 0 Å². The van der Waals surface area contributed by atoms with Gasteiger partial charge in [0.1, 0.15) is 5.82 Å². The second-order valence-electron chi connectivity index (χ2n) is 4.21. The number of methoxy groups -OCH3 is 1. The molecule has 0 aliphatic heterocycles. The van der Waals surface area contributed by atoms with E-state index in [-0.39, 0.29) is 0 Å². The van der Waals surface area contributed by atoms with E-state index in [1.165, 1.54) is 13.3 Å². The highest BCUT2D eigenvalue weighted by Gasteiger charge is 2.12. The Hall–Kier alpha value is -1.78. The summed E-state index contributed by atoms with van der Waals surface area (Å²) in [6.45, 7) is 5.16. The van der Waals surface area contributed by atoms with Crippen LogP contribution in [0.25, 0.3) is 0 Å². The molecule has 1 aromatic rings. The molecule has 5 heteroatoms. The van der Waals surface area contributed by atoms with Crippen LogP contribution in [0, 0.1) is 5.92 Å². The van der Waals surface area contributed by atoms with Crippen LogP contribution in [0.15, 0.2) is 12.3 Å². The number of nitrogens with two attached hydrogens (primary N) is 1. The normalized spacial score (nSPS) is 10.4. The van der Waals surface area contributed by atoms with Gasteiger partial charge < -0.3 is 15.8 Å². The molecule has 0 bridgehead atoms. The minimum absolute atomic E-state index is 0.329. The Labute approximate surface area is 108 Å². The molecule has 0 aliphatic rings. The number of aromatic nitrogens is 1. The summed E-state index contributed by atoms with van der Waals surface area (Å²) in [4.78, 5) is 15.6. The molecular weight excluding hydrogens is 230 g/mol. The Balaban J connectivity index is 2.76. The summed E-state index contributed by atoms with van der Waals surface area (Å²) in [5.74, 6) is 0.808. The van der Waals surface area contributed by atoms with Crippen molar-refractivity contribution in [3.05, 3.63) is 17.8 Å². The summed E-state index contributed by atoms with van der Waals surface area (Å²) in [7, 11) is 1.33. The third-order valence-electron chi connectivity index (χ3n) is 3.07. The lowest BCUT2D eigenvalue weighted by atomic mass is 10.0. The van der Waals surface area contributed by atoms with Crippen LogP contribution in [-0.4, -0.2) is 24.6 Å². The maximum atomic E-state index is 11.5. The maximum absolute atomic E-state index is 11.5. The van der Waals surface area contributed by atoms with Crippen molar-refractivity contribution in [3.8, 4) is 0 Å². The van der Waals surface area contributed by atoms with Crippen molar-refractivity contribution < 1.29 is 9.53 Å². The Bertz CT molecular complexity index is 403. The van der Waals surface area contributed by atoms with Gasteiger partial charge in [-0.2, -0.15) is 0 Å². The molecule has 1 rings (SSSR count). The fraction of sp³-hybridized carbons (Fsp3) is 0.538. The first-order chi connectivity index (χ1) is 8.62. The molecule has 3 N–H and O–H groups in total. The quantitative estimate of drug-likeness (QED) is 0.758. The molecule has 1 aromatic heterocycles. The van der Waals surface area contributed by atoms with E-state index in [1.807, 2.05) is 0 Å². The van der Waals surface area contributed by atoms with Gasteiger partial charge in [0.25, 0.3) is 0 Å². The van der Waals surface area contributed by atoms with Gasteiger partial charge in [0, 0.05) is 6.54 Å². The molecule has 5 nitrogen and oxygen atoms in total. The largest absolute Gasteiger partial charge is 0.465 e. The summed E-state index contributed by atoms with van der Waals surface area (Å²) in [6.07, 6.45) is 3.70. The summed E-state index contributed by atoms with van der Waals surface area (Å²) in [6, 6.07) is 1.63. The van der Waals surface area contributed by atoms with Crippen molar-refractivity contribution in [2.24, 2.45) is 5.92 Å². The molecule has 0 amide bonds. The van der Waals surface area contributed by atoms with Gasteiger partial charge >= 0.3 is 5.97 Å². The average Bonchev–Trinajstić information content (AvgIpc) is 2.40. The number of ether oxygens (including phenoxy) is 1. The molecule has 0 saturated heterocycles. The van der Waals surface area contributed by atoms with E-state index in [1.54, 1.807) is 6.07 Å². The highest BCUT2D eigenvalue weighted by molar-refractivity contribution is 5.95. The van der Waals surface area contributed by atoms with Gasteiger partial charge in [-0.15, -0.1) is 0 Å². The van der Waals surface area contributed by atoms with Crippen LogP contribution >= 0.6 is 0 Å². The van der Waals surface area contributed by atoms with Gasteiger partial charge in [-0.1, -0.05) is 26.7 Å². The van der Waals surface area contributed by atoms with Crippen LogP contribution in [0.2, 0.25) is 0 Å². The van der Waals surface area contributed by atoms with E-state index < -0.39 is 5.97 Å². The first-order valence-electron chi connectivity index (χ1n) is 6.20. The van der Waals surface area contributed by atoms with Crippen molar-refractivity contribution in [1.82, 2.24) is 4.98 Å². The SMILES string of the molecule is CCC(CC)CNc1cc(C(=O)OC)c(N)cn1. The summed E-state index contributed by atoms with van der Waals surface area (Å²) < 4.78 is 4.67. The number of nitrogens with one attached hydrogen (secondary N) is 1. The number of hydrogen-bond acceptors (Lipinski definition) is 5. The van der Waals surface area contributed by atoms with Crippen LogP contribution < -0.4 is 11.1 Å². The van der Waals surface area contributed by atoms with Crippen molar-refractivity contribution in [3.63, 3.8) is 0 Å². The molecule has 0 unspecified atom stereocenters. The summed E-state index contributed by atoms with van der Waals surface area (Å²) in [5.41, 5.74) is 6.36. The second-order valence-corrected chi connectivity index (χ2v) is 4.21. The molecule has 0 atom stereocenters. The fourth-order valence-electron chi connectivity index (χ4n) is 1.68. The highest BCUT2D eigenvalue weighted by atomic mass is 16.5. The predicted molar refractivity (Wildman–Crippen MR) is 72.6 cm³/mol. The minimum atomic E-state index is -0.444. The zero-order chi connectivity index (χ0) is 13.5. The van der Waals surface area contributed by atoms with Crippen molar-refractivity contribution in [2.45, 2.75) is 26.7 Å². The number of carbonyl (C=O) groups excluding carboxylic acids is 1. The van der Waals surface area contributed by atoms with Crippen LogP contribution in [-0.2, 0) is 4.74 Å². The van der Waals surface area contributed by atoms with Gasteiger partial charge in [0.2, 0.25) is 0 Å². The third kappa shape index (κ3) is 3.61. The van der Waals surface area contributed by atoms with Crippen LogP contribution in [0.4, 0.5) is 11.5 Å². The molecule has 0 spiro atoms. The molecule has 0 aliphatic carbocycles. The van der Waals surface area contributed by atoms with Crippen molar-refractivity contribution in [2.75, 3.05) is 24.7 Å². The number of rotatable bonds is 6. The van der Waals surface area contributed by atoms with Crippen LogP contribution in [0.1, 0.15) is 37.0 Å². The van der Waals surface area contributed by atoms with E-state index in [0.717, 1.165) is 19.4 Å². The first-order valence-corrected chi connectivity index (χ1v) is 6.20. The zero-order valence-corrected chi connectivity index (χ0v) is 11.2. The topological polar surface area (TPSA) is 77.2 Å². The van der Waals surface area contributed by atoms with Gasteiger partial charge in [0.15, 0.2) is 0 Å². The Morgan fingerprint density at radius 1 is 1.50 bits per heavy atom. The molecule has 0 fully saturated rings. The Kier molecular flexibility index (Phi) is 5.42. The van der Waals surface area contributed by atoms with E-state index in [9.17, 15) is 4.79 Å². The molecular formula is C13H21N3O2. The van der Waals surface area contributed by atoms with Gasteiger partial charge in [-0.25, -0.2) is 9.78 Å². The molecule has 18 heavy (non-hydrogen) atoms. The molecule has 0 aromatic carbocycles. The number of nitrogen functional groups attached to an aromatic ring is 1. The third-order valence-corrected chi connectivity index (χ3v) is 3.07. The number of hydrogen-bond donors (Lipinski definition) is 2. The zero-order valence-electron chi connectivity index (χ0n) is 11.2. The molecule has 100 valence electrons. The van der Waals surface area contributed by atoms with Crippen LogP contribution in [0.3, 0.4) is 0 Å². The van der Waals surface area contributed by atoms with Gasteiger partial charge in [0.05, 0.1) is 24.6 Å². The number of carbonyl (C=O) groups is 1. The van der Waals surface area contributed by atoms with Gasteiger partial charge in [-0.3, -0.25) is 0 Å². The maximum Gasteiger partial charge on any atom is 0.340 e. The van der Waals surface area contributed by atoms with E-state index >= 15 is 0 Å². The van der Waals surface area contributed by atoms with E-state index in [0.29, 0.717) is 23.0 Å². The monoisotopic (exact) mass is 251 g/mol. The molecule has 1 heterocycles. The number of esters is 1. The standard InChI is InChI=1S/C13H21N3O2/c1-4-9(5-2)7-15-12-6-10(13(17)18-3)11(14)8-16-12/h6,8-9H,4-5,7,14H2,1-3H3,(H,15,16). The Morgan fingerprint density at radius 2 is 2.17 bits per heavy atom. The fourth-order valence-corrected chi connectivity index (χ4v) is 1.68. The summed E-state index contributed by atoms with van der Waals surface area (Å²) >= 11 is 0. The van der Waals surface area contributed by atoms with E-state index in [2.05, 4.69) is 28.9 Å². The summed E-state index contributed by atoms with van der Waals surface area (Å²) in [5, 5.41) is 3.22.